The normalized spacial score (nSPS) is 19.7. The van der Waals surface area contributed by atoms with E-state index >= 15 is 0 Å². The zero-order valence-electron chi connectivity index (χ0n) is 14.5. The van der Waals surface area contributed by atoms with Crippen LogP contribution in [0.2, 0.25) is 9.70 Å². The van der Waals surface area contributed by atoms with E-state index in [0.717, 1.165) is 19.9 Å². The van der Waals surface area contributed by atoms with E-state index in [1.165, 1.54) is 14.7 Å². The van der Waals surface area contributed by atoms with Crippen LogP contribution in [0, 0.1) is 0 Å². The fourth-order valence-corrected chi connectivity index (χ4v) is 4.47. The standard InChI is InChI=1S/C6H15P.2C5H5.Co.F6P/c1-5(2)7-6(3)4;2*1-2-4-5-3-1;;1-7(2,3,4,5)6/h5-7H,1-4H3;2*1-5H;;/q;;;;-1. The zero-order valence-corrected chi connectivity index (χ0v) is 17.4. The summed E-state index contributed by atoms with van der Waals surface area (Å²) in [7, 11) is -9.51. The first-order valence-electron chi connectivity index (χ1n) is 7.62. The molecule has 0 unspecified atom stereocenters. The summed E-state index contributed by atoms with van der Waals surface area (Å²) >= 11 is 1.51. The molecule has 2 rings (SSSR count). The molecule has 151 valence electrons. The average molecular weight is 452 g/mol. The molecule has 0 saturated heterocycles. The number of rotatable bonds is 4. The Hall–Kier alpha value is -0.0935. The Bertz CT molecular complexity index is 450. The van der Waals surface area contributed by atoms with Gasteiger partial charge in [-0.15, -0.1) is 8.58 Å². The Balaban J connectivity index is 0.000000366. The molecule has 0 atom stereocenters. The summed E-state index contributed by atoms with van der Waals surface area (Å²) in [6.45, 7) is 9.10. The summed E-state index contributed by atoms with van der Waals surface area (Å²) in [6.07, 6.45) is 17.5. The third-order valence-corrected chi connectivity index (χ3v) is 5.23. The van der Waals surface area contributed by atoms with Gasteiger partial charge >= 0.3 is 106 Å². The van der Waals surface area contributed by atoms with Gasteiger partial charge in [0.15, 0.2) is 0 Å². The molecule has 0 aromatic rings. The summed E-state index contributed by atoms with van der Waals surface area (Å²) in [5, 5.41) is 0. The number of hydrogen-bond acceptors (Lipinski definition) is 0. The Morgan fingerprint density at radius 3 is 1.08 bits per heavy atom. The third-order valence-electron chi connectivity index (χ3n) is 2.29. The van der Waals surface area contributed by atoms with Gasteiger partial charge in [0.1, 0.15) is 0 Å². The molecule has 0 spiro atoms. The van der Waals surface area contributed by atoms with Crippen molar-refractivity contribution < 1.29 is 39.9 Å². The maximum absolute atomic E-state index is 10.7. The first-order valence-corrected chi connectivity index (χ1v) is 12.0. The molecule has 2 aliphatic rings. The predicted molar refractivity (Wildman–Crippen MR) is 96.2 cm³/mol. The van der Waals surface area contributed by atoms with Crippen molar-refractivity contribution in [2.45, 2.75) is 48.7 Å². The van der Waals surface area contributed by atoms with E-state index in [0.29, 0.717) is 9.70 Å². The van der Waals surface area contributed by atoms with Crippen molar-refractivity contribution in [1.82, 2.24) is 0 Å². The molecule has 0 fully saturated rings. The SMILES string of the molecule is C1=C[CH]([Co][CH]2C=CC=C2)C=C1.CC(C)PC(C)C.F[P-](F)(F)(F)(F)F. The molecule has 0 radical (unpaired) electrons. The molecular weight excluding hydrogens is 427 g/mol. The molecule has 0 aromatic heterocycles. The van der Waals surface area contributed by atoms with Gasteiger partial charge in [0.05, 0.1) is 0 Å². The summed E-state index contributed by atoms with van der Waals surface area (Å²) in [5.41, 5.74) is 1.81. The Morgan fingerprint density at radius 1 is 0.680 bits per heavy atom. The number of halogens is 6. The summed E-state index contributed by atoms with van der Waals surface area (Å²) in [5.74, 6) is 0. The Labute approximate surface area is 153 Å². The van der Waals surface area contributed by atoms with Crippen LogP contribution >= 0.6 is 16.4 Å². The second-order valence-corrected chi connectivity index (χ2v) is 12.2. The van der Waals surface area contributed by atoms with Gasteiger partial charge in [-0.2, -0.15) is 0 Å². The summed E-state index contributed by atoms with van der Waals surface area (Å²) in [4.78, 5) is 1.28. The first-order chi connectivity index (χ1) is 11.0. The predicted octanol–water partition coefficient (Wildman–Crippen LogP) is 8.76. The van der Waals surface area contributed by atoms with Crippen LogP contribution in [0.5, 0.6) is 0 Å². The fourth-order valence-electron chi connectivity index (χ4n) is 1.75. The fraction of sp³-hybridized carbons (Fsp3) is 0.500. The molecule has 25 heavy (non-hydrogen) atoms. The molecule has 0 amide bonds. The minimum atomic E-state index is -10.7. The molecule has 0 aliphatic heterocycles. The molecule has 0 saturated carbocycles. The zero-order chi connectivity index (χ0) is 19.8. The van der Waals surface area contributed by atoms with E-state index in [4.69, 9.17) is 0 Å². The van der Waals surface area contributed by atoms with Gasteiger partial charge in [-0.1, -0.05) is 27.7 Å². The number of hydrogen-bond donors (Lipinski definition) is 0. The Morgan fingerprint density at radius 2 is 0.920 bits per heavy atom. The topological polar surface area (TPSA) is 0 Å². The minimum absolute atomic E-state index is 0.642. The van der Waals surface area contributed by atoms with Gasteiger partial charge in [0.25, 0.3) is 0 Å². The van der Waals surface area contributed by atoms with E-state index in [1.807, 2.05) is 0 Å². The van der Waals surface area contributed by atoms with Crippen LogP contribution in [0.15, 0.2) is 48.6 Å². The second-order valence-electron chi connectivity index (χ2n) is 5.91. The molecule has 0 N–H and O–H groups in total. The van der Waals surface area contributed by atoms with Crippen molar-refractivity contribution in [3.8, 4) is 0 Å². The average Bonchev–Trinajstić information content (AvgIpc) is 2.97. The molecule has 0 bridgehead atoms. The van der Waals surface area contributed by atoms with E-state index in [-0.39, 0.29) is 0 Å². The van der Waals surface area contributed by atoms with Crippen LogP contribution < -0.4 is 0 Å². The molecule has 9 heteroatoms. The van der Waals surface area contributed by atoms with Gasteiger partial charge in [-0.3, -0.25) is 0 Å². The van der Waals surface area contributed by atoms with Gasteiger partial charge in [0.2, 0.25) is 0 Å². The molecule has 0 aromatic carbocycles. The van der Waals surface area contributed by atoms with Crippen LogP contribution in [0.3, 0.4) is 0 Å². The van der Waals surface area contributed by atoms with Crippen molar-refractivity contribution in [2.75, 3.05) is 0 Å². The van der Waals surface area contributed by atoms with Crippen molar-refractivity contribution in [3.63, 3.8) is 0 Å². The van der Waals surface area contributed by atoms with Crippen molar-refractivity contribution in [1.29, 1.82) is 0 Å². The van der Waals surface area contributed by atoms with Crippen molar-refractivity contribution >= 4 is 16.4 Å². The molecule has 2 aliphatic carbocycles. The van der Waals surface area contributed by atoms with E-state index in [1.54, 1.807) is 0 Å². The Kier molecular flexibility index (Phi) is 9.17. The van der Waals surface area contributed by atoms with Gasteiger partial charge in [-0.25, -0.2) is 0 Å². The number of allylic oxidation sites excluding steroid dienone is 8. The third kappa shape index (κ3) is 23.9. The van der Waals surface area contributed by atoms with Gasteiger partial charge in [0, 0.05) is 0 Å². The summed E-state index contributed by atoms with van der Waals surface area (Å²) in [6, 6.07) is 0. The molecule has 0 heterocycles. The van der Waals surface area contributed by atoms with Crippen LogP contribution in [0.4, 0.5) is 25.2 Å². The molecule has 0 nitrogen and oxygen atoms in total. The maximum atomic E-state index is 9.87. The van der Waals surface area contributed by atoms with Crippen molar-refractivity contribution in [2.24, 2.45) is 0 Å². The second kappa shape index (κ2) is 9.21. The van der Waals surface area contributed by atoms with Gasteiger partial charge in [-0.05, 0) is 11.3 Å². The van der Waals surface area contributed by atoms with Crippen LogP contribution in [-0.2, 0) is 14.7 Å². The first kappa shape index (κ1) is 24.9. The van der Waals surface area contributed by atoms with Crippen LogP contribution in [0.1, 0.15) is 27.7 Å². The van der Waals surface area contributed by atoms with E-state index in [2.05, 4.69) is 76.3 Å². The summed E-state index contributed by atoms with van der Waals surface area (Å²) < 4.78 is 59.2. The van der Waals surface area contributed by atoms with Crippen LogP contribution in [0.25, 0.3) is 0 Å². The quantitative estimate of drug-likeness (QED) is 0.296. The van der Waals surface area contributed by atoms with Gasteiger partial charge < -0.3 is 0 Å². The monoisotopic (exact) mass is 452 g/mol. The van der Waals surface area contributed by atoms with E-state index < -0.39 is 7.81 Å². The van der Waals surface area contributed by atoms with E-state index in [9.17, 15) is 25.2 Å². The van der Waals surface area contributed by atoms with Crippen molar-refractivity contribution in [3.05, 3.63) is 48.6 Å². The van der Waals surface area contributed by atoms with Crippen LogP contribution in [-0.4, -0.2) is 11.3 Å². The molecular formula is C16H25CoF6P2-.